The molecular formula is C14H17F2NO3. The molecule has 4 nitrogen and oxygen atoms in total. The third-order valence-electron chi connectivity index (χ3n) is 2.89. The highest BCUT2D eigenvalue weighted by molar-refractivity contribution is 5.79. The molecule has 6 heteroatoms. The molecule has 0 saturated heterocycles. The third kappa shape index (κ3) is 4.95. The number of amides is 1. The van der Waals surface area contributed by atoms with E-state index in [0.29, 0.717) is 12.8 Å². The van der Waals surface area contributed by atoms with Gasteiger partial charge in [-0.2, -0.15) is 0 Å². The van der Waals surface area contributed by atoms with Gasteiger partial charge in [-0.05, 0) is 24.6 Å². The molecule has 20 heavy (non-hydrogen) atoms. The first-order chi connectivity index (χ1) is 9.43. The highest BCUT2D eigenvalue weighted by Crippen LogP contribution is 2.10. The second-order valence-corrected chi connectivity index (χ2v) is 4.54. The van der Waals surface area contributed by atoms with Crippen molar-refractivity contribution in [2.75, 3.05) is 6.54 Å². The lowest BCUT2D eigenvalue weighted by molar-refractivity contribution is -0.141. The molecule has 1 unspecified atom stereocenters. The van der Waals surface area contributed by atoms with E-state index in [4.69, 9.17) is 5.11 Å². The van der Waals surface area contributed by atoms with Crippen LogP contribution in [0.15, 0.2) is 18.2 Å². The van der Waals surface area contributed by atoms with E-state index in [1.165, 1.54) is 0 Å². The molecule has 0 radical (unpaired) electrons. The highest BCUT2D eigenvalue weighted by Gasteiger charge is 2.17. The van der Waals surface area contributed by atoms with Crippen LogP contribution in [0.25, 0.3) is 0 Å². The molecule has 0 aromatic heterocycles. The topological polar surface area (TPSA) is 66.4 Å². The van der Waals surface area contributed by atoms with Crippen LogP contribution in [0.3, 0.4) is 0 Å². The number of carbonyl (C=O) groups is 2. The second kappa shape index (κ2) is 7.57. The number of nitrogens with one attached hydrogen (secondary N) is 1. The van der Waals surface area contributed by atoms with Gasteiger partial charge in [0.05, 0.1) is 12.3 Å². The summed E-state index contributed by atoms with van der Waals surface area (Å²) in [5.41, 5.74) is -0.0510. The van der Waals surface area contributed by atoms with Crippen LogP contribution in [-0.2, 0) is 16.0 Å². The molecule has 1 atom stereocenters. The lowest BCUT2D eigenvalue weighted by Crippen LogP contribution is -2.34. The number of hydrogen-bond donors (Lipinski definition) is 2. The zero-order valence-electron chi connectivity index (χ0n) is 11.2. The van der Waals surface area contributed by atoms with Crippen LogP contribution in [0.2, 0.25) is 0 Å². The smallest absolute Gasteiger partial charge is 0.308 e. The Morgan fingerprint density at radius 1 is 1.35 bits per heavy atom. The van der Waals surface area contributed by atoms with Crippen LogP contribution in [-0.4, -0.2) is 23.5 Å². The molecule has 0 bridgehead atoms. The van der Waals surface area contributed by atoms with E-state index in [9.17, 15) is 18.4 Å². The van der Waals surface area contributed by atoms with E-state index >= 15 is 0 Å². The van der Waals surface area contributed by atoms with E-state index in [0.717, 1.165) is 18.2 Å². The quantitative estimate of drug-likeness (QED) is 0.806. The SMILES string of the molecule is CCCC(CNC(=O)Cc1cc(F)ccc1F)C(=O)O. The maximum absolute atomic E-state index is 13.3. The predicted octanol–water partition coefficient (Wildman–Crippen LogP) is 2.12. The van der Waals surface area contributed by atoms with Gasteiger partial charge in [-0.15, -0.1) is 0 Å². The van der Waals surface area contributed by atoms with Crippen molar-refractivity contribution in [1.29, 1.82) is 0 Å². The number of hydrogen-bond acceptors (Lipinski definition) is 2. The molecule has 110 valence electrons. The Morgan fingerprint density at radius 2 is 2.05 bits per heavy atom. The van der Waals surface area contributed by atoms with E-state index in [-0.39, 0.29) is 18.5 Å². The molecule has 0 saturated carbocycles. The van der Waals surface area contributed by atoms with Gasteiger partial charge in [0.2, 0.25) is 5.91 Å². The Kier molecular flexibility index (Phi) is 6.09. The van der Waals surface area contributed by atoms with Crippen LogP contribution >= 0.6 is 0 Å². The van der Waals surface area contributed by atoms with Crippen LogP contribution < -0.4 is 5.32 Å². The van der Waals surface area contributed by atoms with E-state index in [1.807, 2.05) is 6.92 Å². The van der Waals surface area contributed by atoms with Gasteiger partial charge in [0.15, 0.2) is 0 Å². The molecule has 0 spiro atoms. The molecule has 0 heterocycles. The molecule has 1 amide bonds. The molecular weight excluding hydrogens is 268 g/mol. The van der Waals surface area contributed by atoms with Crippen LogP contribution in [0.1, 0.15) is 25.3 Å². The van der Waals surface area contributed by atoms with Crippen molar-refractivity contribution in [2.45, 2.75) is 26.2 Å². The van der Waals surface area contributed by atoms with Gasteiger partial charge >= 0.3 is 5.97 Å². The summed E-state index contributed by atoms with van der Waals surface area (Å²) in [6.07, 6.45) is 0.817. The number of carboxylic acids is 1. The first kappa shape index (κ1) is 16.1. The minimum Gasteiger partial charge on any atom is -0.481 e. The molecule has 0 aliphatic carbocycles. The normalized spacial score (nSPS) is 11.9. The van der Waals surface area contributed by atoms with E-state index in [1.54, 1.807) is 0 Å². The lowest BCUT2D eigenvalue weighted by atomic mass is 10.0. The van der Waals surface area contributed by atoms with Crippen molar-refractivity contribution in [1.82, 2.24) is 5.32 Å². The second-order valence-electron chi connectivity index (χ2n) is 4.54. The average Bonchev–Trinajstić information content (AvgIpc) is 2.38. The molecule has 2 N–H and O–H groups in total. The summed E-state index contributed by atoms with van der Waals surface area (Å²) >= 11 is 0. The Hall–Kier alpha value is -1.98. The van der Waals surface area contributed by atoms with Gasteiger partial charge in [0.25, 0.3) is 0 Å². The van der Waals surface area contributed by atoms with Crippen LogP contribution in [0.5, 0.6) is 0 Å². The van der Waals surface area contributed by atoms with Crippen molar-refractivity contribution in [3.8, 4) is 0 Å². The molecule has 1 aromatic carbocycles. The fourth-order valence-electron chi connectivity index (χ4n) is 1.81. The Balaban J connectivity index is 2.55. The van der Waals surface area contributed by atoms with Crippen molar-refractivity contribution in [3.05, 3.63) is 35.4 Å². The summed E-state index contributed by atoms with van der Waals surface area (Å²) in [6, 6.07) is 2.88. The molecule has 1 rings (SSSR count). The van der Waals surface area contributed by atoms with Crippen molar-refractivity contribution in [2.24, 2.45) is 5.92 Å². The summed E-state index contributed by atoms with van der Waals surface area (Å²) in [6.45, 7) is 1.83. The minimum absolute atomic E-state index is 0.0149. The summed E-state index contributed by atoms with van der Waals surface area (Å²) in [5, 5.41) is 11.4. The van der Waals surface area contributed by atoms with Gasteiger partial charge < -0.3 is 10.4 Å². The largest absolute Gasteiger partial charge is 0.481 e. The molecule has 1 aromatic rings. The number of carboxylic acid groups (broad SMARTS) is 1. The summed E-state index contributed by atoms with van der Waals surface area (Å²) in [5.74, 6) is -3.46. The first-order valence-corrected chi connectivity index (χ1v) is 6.37. The van der Waals surface area contributed by atoms with Crippen LogP contribution in [0, 0.1) is 17.6 Å². The van der Waals surface area contributed by atoms with Gasteiger partial charge in [0, 0.05) is 12.1 Å². The minimum atomic E-state index is -0.982. The molecule has 0 aliphatic heterocycles. The third-order valence-corrected chi connectivity index (χ3v) is 2.89. The van der Waals surface area contributed by atoms with Gasteiger partial charge in [-0.25, -0.2) is 8.78 Å². The van der Waals surface area contributed by atoms with Gasteiger partial charge in [-0.1, -0.05) is 13.3 Å². The average molecular weight is 285 g/mol. The van der Waals surface area contributed by atoms with Crippen molar-refractivity contribution < 1.29 is 23.5 Å². The highest BCUT2D eigenvalue weighted by atomic mass is 19.1. The van der Waals surface area contributed by atoms with Crippen molar-refractivity contribution >= 4 is 11.9 Å². The Bertz CT molecular complexity index is 491. The monoisotopic (exact) mass is 285 g/mol. The fourth-order valence-corrected chi connectivity index (χ4v) is 1.81. The summed E-state index contributed by atoms with van der Waals surface area (Å²) in [4.78, 5) is 22.5. The van der Waals surface area contributed by atoms with E-state index < -0.39 is 29.4 Å². The van der Waals surface area contributed by atoms with E-state index in [2.05, 4.69) is 5.32 Å². The number of aliphatic carboxylic acids is 1. The number of carbonyl (C=O) groups excluding carboxylic acids is 1. The predicted molar refractivity (Wildman–Crippen MR) is 69.1 cm³/mol. The zero-order chi connectivity index (χ0) is 15.1. The summed E-state index contributed by atoms with van der Waals surface area (Å²) in [7, 11) is 0. The fraction of sp³-hybridized carbons (Fsp3) is 0.429. The lowest BCUT2D eigenvalue weighted by Gasteiger charge is -2.12. The molecule has 0 aliphatic rings. The Morgan fingerprint density at radius 3 is 2.65 bits per heavy atom. The maximum atomic E-state index is 13.3. The molecule has 0 fully saturated rings. The number of halogens is 2. The van der Waals surface area contributed by atoms with Gasteiger partial charge in [-0.3, -0.25) is 9.59 Å². The first-order valence-electron chi connectivity index (χ1n) is 6.37. The van der Waals surface area contributed by atoms with Crippen LogP contribution in [0.4, 0.5) is 8.78 Å². The summed E-state index contributed by atoms with van der Waals surface area (Å²) < 4.78 is 26.3. The van der Waals surface area contributed by atoms with Crippen molar-refractivity contribution in [3.63, 3.8) is 0 Å². The van der Waals surface area contributed by atoms with Gasteiger partial charge in [0.1, 0.15) is 11.6 Å². The number of rotatable bonds is 7. The zero-order valence-corrected chi connectivity index (χ0v) is 11.2. The number of benzene rings is 1. The maximum Gasteiger partial charge on any atom is 0.308 e. The Labute approximate surface area is 115 Å². The standard InChI is InChI=1S/C14H17F2NO3/c1-2-3-9(14(19)20)8-17-13(18)7-10-6-11(15)4-5-12(10)16/h4-6,9H,2-3,7-8H2,1H3,(H,17,18)(H,19,20).